The molecule has 3 rings (SSSR count). The minimum atomic E-state index is 0.0950. The minimum absolute atomic E-state index is 0.0950. The highest BCUT2D eigenvalue weighted by Gasteiger charge is 2.34. The van der Waals surface area contributed by atoms with Gasteiger partial charge in [0, 0.05) is 12.1 Å². The molecule has 4 unspecified atom stereocenters. The maximum Gasteiger partial charge on any atom is 0.0984 e. The van der Waals surface area contributed by atoms with Crippen molar-refractivity contribution in [2.24, 2.45) is 0 Å². The van der Waals surface area contributed by atoms with Crippen LogP contribution in [0.2, 0.25) is 0 Å². The molecule has 20 heavy (non-hydrogen) atoms. The lowest BCUT2D eigenvalue weighted by Gasteiger charge is -2.40. The number of morpholine rings is 1. The van der Waals surface area contributed by atoms with Gasteiger partial charge in [0.15, 0.2) is 0 Å². The number of hydrogen-bond donors (Lipinski definition) is 1. The fraction of sp³-hybridized carbons (Fsp3) is 0.333. The highest BCUT2D eigenvalue weighted by Crippen LogP contribution is 2.35. The van der Waals surface area contributed by atoms with Gasteiger partial charge in [0.1, 0.15) is 0 Å². The molecule has 2 aromatic carbocycles. The van der Waals surface area contributed by atoms with E-state index in [0.29, 0.717) is 12.1 Å². The fourth-order valence-electron chi connectivity index (χ4n) is 3.00. The molecular weight excluding hydrogens is 246 g/mol. The van der Waals surface area contributed by atoms with Crippen molar-refractivity contribution in [3.05, 3.63) is 71.8 Å². The first-order valence-corrected chi connectivity index (χ1v) is 7.27. The molecule has 1 saturated heterocycles. The molecular formula is C18H21NO. The van der Waals surface area contributed by atoms with Crippen LogP contribution in [0.15, 0.2) is 60.7 Å². The van der Waals surface area contributed by atoms with E-state index >= 15 is 0 Å². The molecule has 0 aromatic heterocycles. The van der Waals surface area contributed by atoms with Gasteiger partial charge < -0.3 is 10.1 Å². The minimum Gasteiger partial charge on any atom is -0.362 e. The highest BCUT2D eigenvalue weighted by atomic mass is 16.5. The summed E-state index contributed by atoms with van der Waals surface area (Å²) in [6.45, 7) is 4.38. The summed E-state index contributed by atoms with van der Waals surface area (Å²) in [7, 11) is 0. The summed E-state index contributed by atoms with van der Waals surface area (Å²) < 4.78 is 6.42. The molecule has 2 nitrogen and oxygen atoms in total. The van der Waals surface area contributed by atoms with Gasteiger partial charge in [-0.25, -0.2) is 0 Å². The van der Waals surface area contributed by atoms with E-state index in [1.54, 1.807) is 0 Å². The van der Waals surface area contributed by atoms with Crippen LogP contribution in [0.25, 0.3) is 0 Å². The molecule has 1 heterocycles. The number of benzene rings is 2. The Hall–Kier alpha value is -1.64. The number of rotatable bonds is 2. The summed E-state index contributed by atoms with van der Waals surface area (Å²) in [5.74, 6) is 0. The topological polar surface area (TPSA) is 21.3 Å². The van der Waals surface area contributed by atoms with Crippen LogP contribution < -0.4 is 5.32 Å². The Bertz CT molecular complexity index is 490. The molecule has 0 amide bonds. The van der Waals surface area contributed by atoms with Crippen molar-refractivity contribution in [2.75, 3.05) is 0 Å². The quantitative estimate of drug-likeness (QED) is 0.892. The van der Waals surface area contributed by atoms with Crippen LogP contribution in [0.4, 0.5) is 0 Å². The van der Waals surface area contributed by atoms with Gasteiger partial charge in [0.05, 0.1) is 12.2 Å². The lowest BCUT2D eigenvalue weighted by Crippen LogP contribution is -2.48. The van der Waals surface area contributed by atoms with Gasteiger partial charge in [-0.1, -0.05) is 60.7 Å². The average Bonchev–Trinajstić information content (AvgIpc) is 2.49. The molecule has 104 valence electrons. The Kier molecular flexibility index (Phi) is 3.86. The molecule has 1 N–H and O–H groups in total. The van der Waals surface area contributed by atoms with Gasteiger partial charge in [-0.15, -0.1) is 0 Å². The van der Waals surface area contributed by atoms with Crippen LogP contribution in [0.3, 0.4) is 0 Å². The molecule has 0 aliphatic carbocycles. The predicted molar refractivity (Wildman–Crippen MR) is 81.5 cm³/mol. The van der Waals surface area contributed by atoms with E-state index in [2.05, 4.69) is 67.7 Å². The second-order valence-corrected chi connectivity index (χ2v) is 5.54. The summed E-state index contributed by atoms with van der Waals surface area (Å²) in [5, 5.41) is 3.65. The largest absolute Gasteiger partial charge is 0.362 e. The first-order valence-electron chi connectivity index (χ1n) is 7.27. The maximum absolute atomic E-state index is 6.42. The van der Waals surface area contributed by atoms with Crippen molar-refractivity contribution >= 4 is 0 Å². The van der Waals surface area contributed by atoms with Gasteiger partial charge in [-0.3, -0.25) is 0 Å². The van der Waals surface area contributed by atoms with Gasteiger partial charge in [-0.2, -0.15) is 0 Å². The van der Waals surface area contributed by atoms with Crippen molar-refractivity contribution in [2.45, 2.75) is 38.1 Å². The van der Waals surface area contributed by atoms with Crippen LogP contribution in [0.1, 0.15) is 37.2 Å². The van der Waals surface area contributed by atoms with Gasteiger partial charge in [0.2, 0.25) is 0 Å². The monoisotopic (exact) mass is 267 g/mol. The molecule has 1 aliphatic rings. The van der Waals surface area contributed by atoms with Crippen LogP contribution in [-0.4, -0.2) is 12.1 Å². The van der Waals surface area contributed by atoms with Crippen LogP contribution in [0.5, 0.6) is 0 Å². The van der Waals surface area contributed by atoms with E-state index in [1.165, 1.54) is 11.1 Å². The maximum atomic E-state index is 6.42. The SMILES string of the molecule is CC1NC(C)C(c2ccccc2)OC1c1ccccc1. The zero-order valence-corrected chi connectivity index (χ0v) is 12.0. The Balaban J connectivity index is 1.87. The van der Waals surface area contributed by atoms with Gasteiger partial charge in [-0.05, 0) is 25.0 Å². The summed E-state index contributed by atoms with van der Waals surface area (Å²) in [5.41, 5.74) is 2.47. The highest BCUT2D eigenvalue weighted by molar-refractivity contribution is 5.23. The van der Waals surface area contributed by atoms with Crippen molar-refractivity contribution in [1.29, 1.82) is 0 Å². The summed E-state index contributed by atoms with van der Waals surface area (Å²) in [6, 6.07) is 21.6. The van der Waals surface area contributed by atoms with Gasteiger partial charge >= 0.3 is 0 Å². The molecule has 0 radical (unpaired) electrons. The first-order chi connectivity index (χ1) is 9.75. The number of hydrogen-bond acceptors (Lipinski definition) is 2. The molecule has 0 saturated carbocycles. The van der Waals surface area contributed by atoms with Crippen LogP contribution >= 0.6 is 0 Å². The summed E-state index contributed by atoms with van der Waals surface area (Å²) in [4.78, 5) is 0. The lowest BCUT2D eigenvalue weighted by atomic mass is 9.95. The second kappa shape index (κ2) is 5.78. The normalized spacial score (nSPS) is 30.1. The Morgan fingerprint density at radius 3 is 1.50 bits per heavy atom. The third-order valence-corrected chi connectivity index (χ3v) is 3.98. The average molecular weight is 267 g/mol. The zero-order chi connectivity index (χ0) is 13.9. The molecule has 2 heteroatoms. The third kappa shape index (κ3) is 2.62. The van der Waals surface area contributed by atoms with Crippen molar-refractivity contribution < 1.29 is 4.74 Å². The van der Waals surface area contributed by atoms with E-state index in [0.717, 1.165) is 0 Å². The lowest BCUT2D eigenvalue weighted by molar-refractivity contribution is -0.0854. The predicted octanol–water partition coefficient (Wildman–Crippen LogP) is 3.87. The van der Waals surface area contributed by atoms with Crippen LogP contribution in [-0.2, 0) is 4.74 Å². The van der Waals surface area contributed by atoms with E-state index in [4.69, 9.17) is 4.74 Å². The van der Waals surface area contributed by atoms with Crippen LogP contribution in [0, 0.1) is 0 Å². The molecule has 1 aliphatic heterocycles. The van der Waals surface area contributed by atoms with E-state index in [9.17, 15) is 0 Å². The standard InChI is InChI=1S/C18H21NO/c1-13-17(15-9-5-3-6-10-15)20-18(14(2)19-13)16-11-7-4-8-12-16/h3-14,17-19H,1-2H3. The molecule has 0 bridgehead atoms. The van der Waals surface area contributed by atoms with E-state index in [1.807, 2.05) is 12.1 Å². The van der Waals surface area contributed by atoms with E-state index in [-0.39, 0.29) is 12.2 Å². The zero-order valence-electron chi connectivity index (χ0n) is 12.0. The number of nitrogens with one attached hydrogen (secondary N) is 1. The Labute approximate surface area is 120 Å². The first kappa shape index (κ1) is 13.3. The van der Waals surface area contributed by atoms with Crippen molar-refractivity contribution in [3.63, 3.8) is 0 Å². The third-order valence-electron chi connectivity index (χ3n) is 3.98. The molecule has 4 atom stereocenters. The Morgan fingerprint density at radius 1 is 0.700 bits per heavy atom. The van der Waals surface area contributed by atoms with Crippen molar-refractivity contribution in [1.82, 2.24) is 5.32 Å². The summed E-state index contributed by atoms with van der Waals surface area (Å²) >= 11 is 0. The summed E-state index contributed by atoms with van der Waals surface area (Å²) in [6.07, 6.45) is 0.190. The molecule has 1 fully saturated rings. The van der Waals surface area contributed by atoms with Gasteiger partial charge in [0.25, 0.3) is 0 Å². The molecule has 2 aromatic rings. The fourth-order valence-corrected chi connectivity index (χ4v) is 3.00. The molecule has 0 spiro atoms. The second-order valence-electron chi connectivity index (χ2n) is 5.54. The smallest absolute Gasteiger partial charge is 0.0984 e. The van der Waals surface area contributed by atoms with Crippen molar-refractivity contribution in [3.8, 4) is 0 Å². The van der Waals surface area contributed by atoms with E-state index < -0.39 is 0 Å². The number of ether oxygens (including phenoxy) is 1. The Morgan fingerprint density at radius 2 is 1.10 bits per heavy atom.